The molecule has 0 N–H and O–H groups in total. The molecule has 4 aromatic rings. The van der Waals surface area contributed by atoms with Crippen LogP contribution in [0.1, 0.15) is 76.3 Å². The van der Waals surface area contributed by atoms with Gasteiger partial charge in [-0.2, -0.15) is 20.5 Å². The molecule has 0 saturated heterocycles. The number of hydrogen-bond donors (Lipinski definition) is 0. The van der Waals surface area contributed by atoms with E-state index in [0.29, 0.717) is 13.2 Å². The highest BCUT2D eigenvalue weighted by Crippen LogP contribution is 2.24. The van der Waals surface area contributed by atoms with E-state index in [4.69, 9.17) is 9.47 Å². The number of nitrogens with zero attached hydrogens (tertiary/aromatic N) is 4. The van der Waals surface area contributed by atoms with E-state index in [-0.39, 0.29) is 0 Å². The second-order valence-electron chi connectivity index (χ2n) is 11.0. The summed E-state index contributed by atoms with van der Waals surface area (Å²) in [5, 5.41) is 17.4. The largest absolute Gasteiger partial charge is 0.494 e. The van der Waals surface area contributed by atoms with Gasteiger partial charge in [-0.1, -0.05) is 57.4 Å². The summed E-state index contributed by atoms with van der Waals surface area (Å²) >= 11 is 0. The Labute approximate surface area is 263 Å². The Morgan fingerprint density at radius 2 is 0.773 bits per heavy atom. The van der Waals surface area contributed by atoms with Gasteiger partial charge in [0.1, 0.15) is 11.5 Å². The maximum absolute atomic E-state index is 5.91. The fourth-order valence-corrected chi connectivity index (χ4v) is 4.71. The van der Waals surface area contributed by atoms with Gasteiger partial charge in [0.25, 0.3) is 0 Å². The normalized spacial score (nSPS) is 11.4. The summed E-state index contributed by atoms with van der Waals surface area (Å²) < 4.78 is 11.8. The van der Waals surface area contributed by atoms with Crippen molar-refractivity contribution >= 4 is 22.7 Å². The highest BCUT2D eigenvalue weighted by atomic mass is 16.5. The van der Waals surface area contributed by atoms with Crippen LogP contribution in [0.3, 0.4) is 0 Å². The molecule has 6 heteroatoms. The van der Waals surface area contributed by atoms with Crippen molar-refractivity contribution in [3.8, 4) is 11.5 Å². The van der Waals surface area contributed by atoms with E-state index < -0.39 is 0 Å². The molecule has 0 atom stereocenters. The molecule has 4 rings (SSSR count). The van der Waals surface area contributed by atoms with Crippen LogP contribution in [0.15, 0.2) is 118 Å². The molecule has 0 saturated carbocycles. The average molecular weight is 591 g/mol. The molecule has 6 nitrogen and oxygen atoms in total. The van der Waals surface area contributed by atoms with Gasteiger partial charge in [-0.05, 0) is 129 Å². The van der Waals surface area contributed by atoms with Crippen LogP contribution in [0, 0.1) is 0 Å². The van der Waals surface area contributed by atoms with Crippen molar-refractivity contribution in [2.75, 3.05) is 13.2 Å². The van der Waals surface area contributed by atoms with E-state index in [0.717, 1.165) is 79.2 Å². The molecule has 0 amide bonds. The van der Waals surface area contributed by atoms with Crippen molar-refractivity contribution in [3.05, 3.63) is 108 Å². The molecular weight excluding hydrogens is 544 g/mol. The van der Waals surface area contributed by atoms with Gasteiger partial charge in [-0.25, -0.2) is 0 Å². The molecule has 0 aliphatic heterocycles. The third-order valence-corrected chi connectivity index (χ3v) is 7.29. The number of benzene rings is 4. The fraction of sp³-hybridized carbons (Fsp3) is 0.368. The molecule has 4 aromatic carbocycles. The predicted molar refractivity (Wildman–Crippen MR) is 181 cm³/mol. The molecule has 0 fully saturated rings. The third-order valence-electron chi connectivity index (χ3n) is 7.29. The van der Waals surface area contributed by atoms with Crippen LogP contribution in [0.25, 0.3) is 0 Å². The van der Waals surface area contributed by atoms with Gasteiger partial charge in [0.15, 0.2) is 0 Å². The summed E-state index contributed by atoms with van der Waals surface area (Å²) in [5.74, 6) is 1.71. The lowest BCUT2D eigenvalue weighted by atomic mass is 10.1. The van der Waals surface area contributed by atoms with Gasteiger partial charge in [-0.3, -0.25) is 0 Å². The number of hydrogen-bond acceptors (Lipinski definition) is 6. The molecule has 0 spiro atoms. The topological polar surface area (TPSA) is 67.9 Å². The third kappa shape index (κ3) is 12.1. The van der Waals surface area contributed by atoms with Crippen LogP contribution >= 0.6 is 0 Å². The van der Waals surface area contributed by atoms with Crippen molar-refractivity contribution in [1.82, 2.24) is 0 Å². The Balaban J connectivity index is 1.05. The number of unbranched alkanes of at least 4 members (excludes halogenated alkanes) is 5. The van der Waals surface area contributed by atoms with E-state index >= 15 is 0 Å². The van der Waals surface area contributed by atoms with Crippen LogP contribution in [-0.2, 0) is 12.8 Å². The van der Waals surface area contributed by atoms with Crippen LogP contribution in [0.5, 0.6) is 11.5 Å². The standard InChI is InChI=1S/C38H46N4O2/c1-3-5-8-12-32-15-19-34(20-16-32)40-42-36-23-27-38(28-24-36)44-30-10-7-6-9-29-43-37-25-21-35(22-26-37)41-39-33-17-13-31(11-4-2)14-18-33/h13-28H,3-12,29-30H2,1-2H3. The van der Waals surface area contributed by atoms with E-state index in [1.165, 1.54) is 30.4 Å². The minimum absolute atomic E-state index is 0.699. The Hall–Kier alpha value is -4.32. The second kappa shape index (κ2) is 19.1. The van der Waals surface area contributed by atoms with Gasteiger partial charge in [0.05, 0.1) is 36.0 Å². The lowest BCUT2D eigenvalue weighted by molar-refractivity contribution is 0.287. The SMILES string of the molecule is CCCCCc1ccc(N=Nc2ccc(OCCCCCCOc3ccc(N=Nc4ccc(CCC)cc4)cc3)cc2)cc1. The molecule has 0 bridgehead atoms. The van der Waals surface area contributed by atoms with Gasteiger partial charge in [0, 0.05) is 0 Å². The Kier molecular flexibility index (Phi) is 14.1. The van der Waals surface area contributed by atoms with E-state index in [1.807, 2.05) is 72.8 Å². The highest BCUT2D eigenvalue weighted by molar-refractivity contribution is 5.44. The molecule has 230 valence electrons. The van der Waals surface area contributed by atoms with Gasteiger partial charge < -0.3 is 9.47 Å². The van der Waals surface area contributed by atoms with Gasteiger partial charge in [-0.15, -0.1) is 0 Å². The Bertz CT molecular complexity index is 1400. The minimum atomic E-state index is 0.699. The second-order valence-corrected chi connectivity index (χ2v) is 11.0. The first-order valence-corrected chi connectivity index (χ1v) is 16.2. The zero-order valence-corrected chi connectivity index (χ0v) is 26.3. The van der Waals surface area contributed by atoms with Crippen LogP contribution < -0.4 is 9.47 Å². The quantitative estimate of drug-likeness (QED) is 0.0805. The number of azo groups is 2. The molecule has 0 aliphatic carbocycles. The van der Waals surface area contributed by atoms with E-state index in [9.17, 15) is 0 Å². The molecule has 0 aromatic heterocycles. The molecule has 0 aliphatic rings. The average Bonchev–Trinajstić information content (AvgIpc) is 3.06. The molecule has 0 unspecified atom stereocenters. The highest BCUT2D eigenvalue weighted by Gasteiger charge is 2.00. The first-order chi connectivity index (χ1) is 21.7. The monoisotopic (exact) mass is 590 g/mol. The molecule has 0 radical (unpaired) electrons. The van der Waals surface area contributed by atoms with Gasteiger partial charge >= 0.3 is 0 Å². The van der Waals surface area contributed by atoms with Crippen LogP contribution in [0.4, 0.5) is 22.7 Å². The smallest absolute Gasteiger partial charge is 0.119 e. The minimum Gasteiger partial charge on any atom is -0.494 e. The molecular formula is C38H46N4O2. The van der Waals surface area contributed by atoms with Crippen molar-refractivity contribution in [1.29, 1.82) is 0 Å². The molecule has 44 heavy (non-hydrogen) atoms. The summed E-state index contributed by atoms with van der Waals surface area (Å²) in [4.78, 5) is 0. The summed E-state index contributed by atoms with van der Waals surface area (Å²) in [7, 11) is 0. The Morgan fingerprint density at radius 1 is 0.386 bits per heavy atom. The summed E-state index contributed by atoms with van der Waals surface area (Å²) in [6.07, 6.45) is 11.3. The van der Waals surface area contributed by atoms with Crippen molar-refractivity contribution in [2.45, 2.75) is 78.1 Å². The first-order valence-electron chi connectivity index (χ1n) is 16.2. The fourth-order valence-electron chi connectivity index (χ4n) is 4.71. The summed E-state index contributed by atoms with van der Waals surface area (Å²) in [6.45, 7) is 5.81. The molecule has 0 heterocycles. The maximum Gasteiger partial charge on any atom is 0.119 e. The lowest BCUT2D eigenvalue weighted by Gasteiger charge is -2.07. The number of aryl methyl sites for hydroxylation is 2. The van der Waals surface area contributed by atoms with Gasteiger partial charge in [0.2, 0.25) is 0 Å². The van der Waals surface area contributed by atoms with E-state index in [2.05, 4.69) is 58.6 Å². The predicted octanol–water partition coefficient (Wildman–Crippen LogP) is 12.2. The van der Waals surface area contributed by atoms with Crippen molar-refractivity contribution < 1.29 is 9.47 Å². The van der Waals surface area contributed by atoms with Crippen molar-refractivity contribution in [2.24, 2.45) is 20.5 Å². The van der Waals surface area contributed by atoms with E-state index in [1.54, 1.807) is 0 Å². The summed E-state index contributed by atoms with van der Waals surface area (Å²) in [5.41, 5.74) is 6.05. The van der Waals surface area contributed by atoms with Crippen molar-refractivity contribution in [3.63, 3.8) is 0 Å². The van der Waals surface area contributed by atoms with Crippen LogP contribution in [0.2, 0.25) is 0 Å². The number of rotatable bonds is 19. The lowest BCUT2D eigenvalue weighted by Crippen LogP contribution is -1.99. The van der Waals surface area contributed by atoms with Crippen LogP contribution in [-0.4, -0.2) is 13.2 Å². The maximum atomic E-state index is 5.91. The summed E-state index contributed by atoms with van der Waals surface area (Å²) in [6, 6.07) is 32.2. The Morgan fingerprint density at radius 3 is 1.16 bits per heavy atom. The number of ether oxygens (including phenoxy) is 2. The first kappa shape index (κ1) is 32.6. The zero-order chi connectivity index (χ0) is 30.7. The zero-order valence-electron chi connectivity index (χ0n) is 26.3.